The molecule has 3 aliphatic carbocycles. The third-order valence-corrected chi connectivity index (χ3v) is 13.9. The molecule has 0 atom stereocenters. The van der Waals surface area contributed by atoms with Crippen LogP contribution in [0.25, 0.3) is 55.6 Å². The first-order valence-electron chi connectivity index (χ1n) is 20.8. The molecule has 0 N–H and O–H groups in total. The van der Waals surface area contributed by atoms with Gasteiger partial charge in [-0.3, -0.25) is 0 Å². The summed E-state index contributed by atoms with van der Waals surface area (Å²) < 4.78 is 0. The minimum absolute atomic E-state index is 0.0205. The lowest BCUT2D eigenvalue weighted by molar-refractivity contribution is 0.660. The van der Waals surface area contributed by atoms with Crippen LogP contribution >= 0.6 is 0 Å². The molecule has 0 aromatic heterocycles. The van der Waals surface area contributed by atoms with Crippen molar-refractivity contribution >= 4 is 17.1 Å². The number of anilines is 3. The molecule has 0 heterocycles. The molecule has 0 spiro atoms. The van der Waals surface area contributed by atoms with Crippen LogP contribution in [0.1, 0.15) is 74.9 Å². The predicted octanol–water partition coefficient (Wildman–Crippen LogP) is 15.4. The van der Waals surface area contributed by atoms with Gasteiger partial charge in [-0.05, 0) is 138 Å². The Balaban J connectivity index is 1.06. The molecular weight excluding hydrogens is 699 g/mol. The lowest BCUT2D eigenvalue weighted by Crippen LogP contribution is -2.15. The Hall–Kier alpha value is -6.44. The van der Waals surface area contributed by atoms with E-state index in [9.17, 15) is 0 Å². The zero-order valence-electron chi connectivity index (χ0n) is 34.2. The van der Waals surface area contributed by atoms with Crippen molar-refractivity contribution in [2.45, 2.75) is 57.8 Å². The Labute approximate surface area is 343 Å². The average Bonchev–Trinajstić information content (AvgIpc) is 3.73. The van der Waals surface area contributed by atoms with Crippen LogP contribution in [0.5, 0.6) is 0 Å². The summed E-state index contributed by atoms with van der Waals surface area (Å²) in [6.45, 7) is 14.1. The highest BCUT2D eigenvalue weighted by molar-refractivity contribution is 5.90. The van der Waals surface area contributed by atoms with Gasteiger partial charge < -0.3 is 4.90 Å². The summed E-state index contributed by atoms with van der Waals surface area (Å²) in [7, 11) is 0. The summed E-state index contributed by atoms with van der Waals surface area (Å²) >= 11 is 0. The van der Waals surface area contributed by atoms with Gasteiger partial charge in [-0.1, -0.05) is 169 Å². The smallest absolute Gasteiger partial charge is 0.0468 e. The van der Waals surface area contributed by atoms with Crippen molar-refractivity contribution in [1.29, 1.82) is 0 Å². The third kappa shape index (κ3) is 4.96. The van der Waals surface area contributed by atoms with Crippen LogP contribution in [0.3, 0.4) is 0 Å². The Bertz CT molecular complexity index is 2840. The molecule has 58 heavy (non-hydrogen) atoms. The van der Waals surface area contributed by atoms with E-state index in [4.69, 9.17) is 0 Å². The quantitative estimate of drug-likeness (QED) is 0.170. The summed E-state index contributed by atoms with van der Waals surface area (Å²) in [5.41, 5.74) is 24.6. The highest BCUT2D eigenvalue weighted by Crippen LogP contribution is 2.53. The van der Waals surface area contributed by atoms with Crippen LogP contribution in [0.4, 0.5) is 17.1 Å². The van der Waals surface area contributed by atoms with Gasteiger partial charge in [0.05, 0.1) is 0 Å². The standard InChI is InChI=1S/C57H47N/c1-55(2)49-22-10-7-19-43(49)46-33-38(25-28-52(46)55)36-15-13-17-40(31-36)58(42-27-30-54-48(35-42)45-21-9-12-24-51(45)57(54,5)6)41-18-14-16-37(32-41)39-26-29-53-47(34-39)44-20-8-11-23-50(44)56(53,3)4/h7-35H,1-6H3. The van der Waals surface area contributed by atoms with Gasteiger partial charge in [0.15, 0.2) is 0 Å². The van der Waals surface area contributed by atoms with Gasteiger partial charge in [-0.25, -0.2) is 0 Å². The molecule has 1 nitrogen and oxygen atoms in total. The number of hydrogen-bond acceptors (Lipinski definition) is 1. The SMILES string of the molecule is CC1(C)c2ccccc2-c2cc(-c3cccc(N(c4cccc(-c5ccc6c(c5)-c5ccccc5C6(C)C)c4)c4ccc5c(c4)-c4ccccc4C5(C)C)c3)ccc21. The number of benzene rings is 8. The Kier molecular flexibility index (Phi) is 7.36. The zero-order chi connectivity index (χ0) is 39.6. The van der Waals surface area contributed by atoms with Gasteiger partial charge in [-0.15, -0.1) is 0 Å². The lowest BCUT2D eigenvalue weighted by Gasteiger charge is -2.28. The molecule has 0 saturated carbocycles. The first-order valence-corrected chi connectivity index (χ1v) is 20.8. The maximum atomic E-state index is 2.46. The van der Waals surface area contributed by atoms with Crippen molar-refractivity contribution in [2.75, 3.05) is 4.90 Å². The highest BCUT2D eigenvalue weighted by Gasteiger charge is 2.38. The van der Waals surface area contributed by atoms with E-state index in [1.165, 1.54) is 89.0 Å². The third-order valence-electron chi connectivity index (χ3n) is 13.9. The van der Waals surface area contributed by atoms with Crippen molar-refractivity contribution < 1.29 is 0 Å². The highest BCUT2D eigenvalue weighted by atomic mass is 15.1. The molecule has 1 heteroatoms. The maximum Gasteiger partial charge on any atom is 0.0468 e. The second kappa shape index (κ2) is 12.3. The summed E-state index contributed by atoms with van der Waals surface area (Å²) in [6, 6.07) is 66.3. The number of hydrogen-bond donors (Lipinski definition) is 0. The van der Waals surface area contributed by atoms with E-state index in [1.807, 2.05) is 0 Å². The van der Waals surface area contributed by atoms with Crippen molar-refractivity contribution in [2.24, 2.45) is 0 Å². The fraction of sp³-hybridized carbons (Fsp3) is 0.158. The second-order valence-corrected chi connectivity index (χ2v) is 18.2. The largest absolute Gasteiger partial charge is 0.310 e. The fourth-order valence-electron chi connectivity index (χ4n) is 10.7. The Morgan fingerprint density at radius 2 is 0.586 bits per heavy atom. The number of fused-ring (bicyclic) bond motifs is 9. The molecule has 0 radical (unpaired) electrons. The zero-order valence-corrected chi connectivity index (χ0v) is 34.2. The summed E-state index contributed by atoms with van der Waals surface area (Å²) in [5.74, 6) is 0. The second-order valence-electron chi connectivity index (χ2n) is 18.2. The number of rotatable bonds is 5. The molecule has 0 unspecified atom stereocenters. The fourth-order valence-corrected chi connectivity index (χ4v) is 10.7. The molecule has 280 valence electrons. The first kappa shape index (κ1) is 34.8. The lowest BCUT2D eigenvalue weighted by atomic mass is 9.82. The van der Waals surface area contributed by atoms with Gasteiger partial charge in [0.2, 0.25) is 0 Å². The van der Waals surface area contributed by atoms with Gasteiger partial charge >= 0.3 is 0 Å². The van der Waals surface area contributed by atoms with Gasteiger partial charge in [0.25, 0.3) is 0 Å². The molecule has 0 aliphatic heterocycles. The molecular formula is C57H47N. The normalized spacial score (nSPS) is 15.5. The van der Waals surface area contributed by atoms with E-state index in [0.717, 1.165) is 17.1 Å². The van der Waals surface area contributed by atoms with Crippen molar-refractivity contribution in [3.63, 3.8) is 0 Å². The van der Waals surface area contributed by atoms with Gasteiger partial charge in [0.1, 0.15) is 0 Å². The first-order chi connectivity index (χ1) is 28.0. The molecule has 0 bridgehead atoms. The predicted molar refractivity (Wildman–Crippen MR) is 245 cm³/mol. The van der Waals surface area contributed by atoms with E-state index in [-0.39, 0.29) is 16.2 Å². The van der Waals surface area contributed by atoms with Crippen molar-refractivity contribution in [3.05, 3.63) is 209 Å². The van der Waals surface area contributed by atoms with Crippen LogP contribution in [0, 0.1) is 0 Å². The van der Waals surface area contributed by atoms with Crippen molar-refractivity contribution in [3.8, 4) is 55.6 Å². The van der Waals surface area contributed by atoms with E-state index in [2.05, 4.69) is 222 Å². The molecule has 8 aromatic rings. The van der Waals surface area contributed by atoms with E-state index in [1.54, 1.807) is 0 Å². The Morgan fingerprint density at radius 3 is 1.02 bits per heavy atom. The molecule has 3 aliphatic rings. The topological polar surface area (TPSA) is 3.24 Å². The van der Waals surface area contributed by atoms with Crippen LogP contribution < -0.4 is 4.90 Å². The van der Waals surface area contributed by atoms with E-state index in [0.29, 0.717) is 0 Å². The van der Waals surface area contributed by atoms with Crippen molar-refractivity contribution in [1.82, 2.24) is 0 Å². The number of nitrogens with zero attached hydrogens (tertiary/aromatic N) is 1. The molecule has 0 amide bonds. The molecule has 0 saturated heterocycles. The minimum atomic E-state index is -0.0589. The summed E-state index contributed by atoms with van der Waals surface area (Å²) in [5, 5.41) is 0. The Morgan fingerprint density at radius 1 is 0.259 bits per heavy atom. The monoisotopic (exact) mass is 745 g/mol. The molecule has 0 fully saturated rings. The maximum absolute atomic E-state index is 2.46. The van der Waals surface area contributed by atoms with Crippen LogP contribution in [0.2, 0.25) is 0 Å². The summed E-state index contributed by atoms with van der Waals surface area (Å²) in [4.78, 5) is 2.46. The van der Waals surface area contributed by atoms with E-state index < -0.39 is 0 Å². The van der Waals surface area contributed by atoms with Crippen LogP contribution in [-0.4, -0.2) is 0 Å². The van der Waals surface area contributed by atoms with Crippen LogP contribution in [-0.2, 0) is 16.2 Å². The van der Waals surface area contributed by atoms with Gasteiger partial charge in [-0.2, -0.15) is 0 Å². The van der Waals surface area contributed by atoms with Crippen LogP contribution in [0.15, 0.2) is 176 Å². The van der Waals surface area contributed by atoms with Gasteiger partial charge in [0, 0.05) is 33.3 Å². The minimum Gasteiger partial charge on any atom is -0.310 e. The molecule has 11 rings (SSSR count). The average molecular weight is 746 g/mol. The summed E-state index contributed by atoms with van der Waals surface area (Å²) in [6.07, 6.45) is 0. The van der Waals surface area contributed by atoms with E-state index >= 15 is 0 Å². The molecule has 8 aromatic carbocycles.